The number of nitrogens with zero attached hydrogens (tertiary/aromatic N) is 2. The third-order valence-electron chi connectivity index (χ3n) is 5.88. The molecule has 0 unspecified atom stereocenters. The third-order valence-corrected chi connectivity index (χ3v) is 5.88. The molecule has 0 saturated carbocycles. The van der Waals surface area contributed by atoms with Crippen LogP contribution in [0.15, 0.2) is 30.3 Å². The van der Waals surface area contributed by atoms with Crippen LogP contribution in [0, 0.1) is 0 Å². The second kappa shape index (κ2) is 7.71. The summed E-state index contributed by atoms with van der Waals surface area (Å²) < 4.78 is 0. The Morgan fingerprint density at radius 3 is 2.41 bits per heavy atom. The first-order valence-corrected chi connectivity index (χ1v) is 9.81. The van der Waals surface area contributed by atoms with Gasteiger partial charge in [0.2, 0.25) is 5.91 Å². The Kier molecular flexibility index (Phi) is 5.53. The number of amides is 4. The first-order chi connectivity index (χ1) is 12.8. The van der Waals surface area contributed by atoms with Crippen LogP contribution in [-0.4, -0.2) is 51.8 Å². The number of carbonyl (C=O) groups is 3. The molecule has 2 aliphatic rings. The van der Waals surface area contributed by atoms with Crippen LogP contribution >= 0.6 is 0 Å². The monoisotopic (exact) mass is 371 g/mol. The van der Waals surface area contributed by atoms with Gasteiger partial charge in [-0.2, -0.15) is 0 Å². The fraction of sp³-hybridized carbons (Fsp3) is 0.571. The SMILES string of the molecule is C[C@@H]1CCC[C@@H](C)N1C(=O)CN1C(=O)N[C@@](C)(CCc2ccccc2)C1=O. The molecule has 27 heavy (non-hydrogen) atoms. The Labute approximate surface area is 160 Å². The van der Waals surface area contributed by atoms with E-state index in [0.717, 1.165) is 29.7 Å². The molecule has 0 radical (unpaired) electrons. The van der Waals surface area contributed by atoms with Crippen LogP contribution in [0.5, 0.6) is 0 Å². The van der Waals surface area contributed by atoms with E-state index in [-0.39, 0.29) is 30.4 Å². The molecule has 4 amide bonds. The number of hydrogen-bond donors (Lipinski definition) is 1. The van der Waals surface area contributed by atoms with Gasteiger partial charge >= 0.3 is 6.03 Å². The van der Waals surface area contributed by atoms with Crippen LogP contribution in [0.1, 0.15) is 52.0 Å². The highest BCUT2D eigenvalue weighted by Gasteiger charge is 2.48. The molecule has 2 heterocycles. The summed E-state index contributed by atoms with van der Waals surface area (Å²) in [5.74, 6) is -0.459. The van der Waals surface area contributed by atoms with E-state index in [0.29, 0.717) is 12.8 Å². The van der Waals surface area contributed by atoms with Crippen molar-refractivity contribution in [2.75, 3.05) is 6.54 Å². The molecule has 6 nitrogen and oxygen atoms in total. The number of nitrogens with one attached hydrogen (secondary N) is 1. The van der Waals surface area contributed by atoms with Crippen LogP contribution < -0.4 is 5.32 Å². The normalized spacial score (nSPS) is 28.4. The van der Waals surface area contributed by atoms with Gasteiger partial charge in [-0.1, -0.05) is 30.3 Å². The second-order valence-corrected chi connectivity index (χ2v) is 8.07. The Hall–Kier alpha value is -2.37. The van der Waals surface area contributed by atoms with Gasteiger partial charge in [-0.3, -0.25) is 14.5 Å². The molecule has 0 aliphatic carbocycles. The summed E-state index contributed by atoms with van der Waals surface area (Å²) in [5, 5.41) is 2.80. The second-order valence-electron chi connectivity index (χ2n) is 8.07. The molecule has 0 spiro atoms. The Morgan fingerprint density at radius 1 is 1.15 bits per heavy atom. The smallest absolute Gasteiger partial charge is 0.325 e. The Balaban J connectivity index is 1.65. The number of rotatable bonds is 5. The van der Waals surface area contributed by atoms with Crippen molar-refractivity contribution in [3.8, 4) is 0 Å². The van der Waals surface area contributed by atoms with Crippen molar-refractivity contribution in [1.29, 1.82) is 0 Å². The van der Waals surface area contributed by atoms with E-state index in [1.165, 1.54) is 0 Å². The van der Waals surface area contributed by atoms with Crippen molar-refractivity contribution in [2.45, 2.75) is 70.5 Å². The van der Waals surface area contributed by atoms with Gasteiger partial charge in [0.1, 0.15) is 12.1 Å². The molecule has 1 aromatic carbocycles. The van der Waals surface area contributed by atoms with Gasteiger partial charge in [0.05, 0.1) is 0 Å². The molecule has 1 aromatic rings. The fourth-order valence-electron chi connectivity index (χ4n) is 4.23. The van der Waals surface area contributed by atoms with E-state index in [4.69, 9.17) is 0 Å². The van der Waals surface area contributed by atoms with Crippen molar-refractivity contribution in [3.05, 3.63) is 35.9 Å². The van der Waals surface area contributed by atoms with Crippen LogP contribution in [-0.2, 0) is 16.0 Å². The van der Waals surface area contributed by atoms with Gasteiger partial charge in [0.15, 0.2) is 0 Å². The van der Waals surface area contributed by atoms with Crippen molar-refractivity contribution < 1.29 is 14.4 Å². The standard InChI is InChI=1S/C21H29N3O3/c1-15-8-7-9-16(2)24(15)18(25)14-23-19(26)21(3,22-20(23)27)13-12-17-10-5-4-6-11-17/h4-6,10-11,15-16H,7-9,12-14H2,1-3H3,(H,22,27)/t15-,16-,21+/m1/s1. The maximum Gasteiger partial charge on any atom is 0.325 e. The Morgan fingerprint density at radius 2 is 1.78 bits per heavy atom. The molecule has 3 rings (SSSR count). The molecular weight excluding hydrogens is 342 g/mol. The number of hydrogen-bond acceptors (Lipinski definition) is 3. The molecule has 146 valence electrons. The highest BCUT2D eigenvalue weighted by Crippen LogP contribution is 2.26. The van der Waals surface area contributed by atoms with Crippen molar-refractivity contribution in [1.82, 2.24) is 15.1 Å². The summed E-state index contributed by atoms with van der Waals surface area (Å²) >= 11 is 0. The molecule has 2 saturated heterocycles. The minimum Gasteiger partial charge on any atom is -0.336 e. The summed E-state index contributed by atoms with van der Waals surface area (Å²) in [7, 11) is 0. The molecule has 0 aromatic heterocycles. The first-order valence-electron chi connectivity index (χ1n) is 9.81. The predicted molar refractivity (Wildman–Crippen MR) is 103 cm³/mol. The summed E-state index contributed by atoms with van der Waals surface area (Å²) in [4.78, 5) is 41.1. The van der Waals surface area contributed by atoms with Crippen molar-refractivity contribution in [3.63, 3.8) is 0 Å². The average molecular weight is 371 g/mol. The molecule has 1 N–H and O–H groups in total. The van der Waals surface area contributed by atoms with Gasteiger partial charge in [0.25, 0.3) is 5.91 Å². The van der Waals surface area contributed by atoms with E-state index < -0.39 is 11.6 Å². The Bertz CT molecular complexity index is 711. The summed E-state index contributed by atoms with van der Waals surface area (Å²) in [6, 6.07) is 9.69. The highest BCUT2D eigenvalue weighted by molar-refractivity contribution is 6.08. The van der Waals surface area contributed by atoms with Gasteiger partial charge < -0.3 is 10.2 Å². The van der Waals surface area contributed by atoms with Crippen LogP contribution in [0.4, 0.5) is 4.79 Å². The quantitative estimate of drug-likeness (QED) is 0.809. The zero-order valence-electron chi connectivity index (χ0n) is 16.4. The lowest BCUT2D eigenvalue weighted by molar-refractivity contribution is -0.142. The zero-order chi connectivity index (χ0) is 19.6. The molecule has 0 bridgehead atoms. The maximum absolute atomic E-state index is 12.9. The lowest BCUT2D eigenvalue weighted by atomic mass is 9.93. The molecular formula is C21H29N3O3. The lowest BCUT2D eigenvalue weighted by Gasteiger charge is -2.39. The number of benzene rings is 1. The average Bonchev–Trinajstić information content (AvgIpc) is 2.84. The number of imide groups is 1. The maximum atomic E-state index is 12.9. The number of carbonyl (C=O) groups excluding carboxylic acids is 3. The topological polar surface area (TPSA) is 69.7 Å². The molecule has 2 aliphatic heterocycles. The highest BCUT2D eigenvalue weighted by atomic mass is 16.2. The van der Waals surface area contributed by atoms with Gasteiger partial charge in [-0.15, -0.1) is 0 Å². The van der Waals surface area contributed by atoms with Crippen LogP contribution in [0.2, 0.25) is 0 Å². The first kappa shape index (κ1) is 19.4. The predicted octanol–water partition coefficient (Wildman–Crippen LogP) is 2.72. The minimum absolute atomic E-state index is 0.145. The fourth-order valence-corrected chi connectivity index (χ4v) is 4.23. The molecule has 6 heteroatoms. The number of urea groups is 1. The molecule has 3 atom stereocenters. The van der Waals surface area contributed by atoms with Crippen molar-refractivity contribution in [2.24, 2.45) is 0 Å². The molecule has 2 fully saturated rings. The number of likely N-dealkylation sites (tertiary alicyclic amines) is 1. The van der Waals surface area contributed by atoms with Crippen molar-refractivity contribution >= 4 is 17.8 Å². The minimum atomic E-state index is -0.966. The van der Waals surface area contributed by atoms with E-state index in [2.05, 4.69) is 5.32 Å². The van der Waals surface area contributed by atoms with E-state index in [1.807, 2.05) is 49.1 Å². The summed E-state index contributed by atoms with van der Waals surface area (Å²) in [5.41, 5.74) is 0.151. The largest absolute Gasteiger partial charge is 0.336 e. The van der Waals surface area contributed by atoms with Crippen LogP contribution in [0.3, 0.4) is 0 Å². The summed E-state index contributed by atoms with van der Waals surface area (Å²) in [6.45, 7) is 5.62. The number of piperidine rings is 1. The summed E-state index contributed by atoms with van der Waals surface area (Å²) in [6.07, 6.45) is 4.22. The number of aryl methyl sites for hydroxylation is 1. The van der Waals surface area contributed by atoms with E-state index >= 15 is 0 Å². The van der Waals surface area contributed by atoms with Gasteiger partial charge in [0, 0.05) is 12.1 Å². The van der Waals surface area contributed by atoms with Gasteiger partial charge in [-0.25, -0.2) is 4.79 Å². The zero-order valence-corrected chi connectivity index (χ0v) is 16.4. The van der Waals surface area contributed by atoms with E-state index in [9.17, 15) is 14.4 Å². The third kappa shape index (κ3) is 3.99. The van der Waals surface area contributed by atoms with Crippen LogP contribution in [0.25, 0.3) is 0 Å². The van der Waals surface area contributed by atoms with Gasteiger partial charge in [-0.05, 0) is 58.4 Å². The lowest BCUT2D eigenvalue weighted by Crippen LogP contribution is -2.52. The van der Waals surface area contributed by atoms with E-state index in [1.54, 1.807) is 6.92 Å².